The van der Waals surface area contributed by atoms with Gasteiger partial charge in [0.15, 0.2) is 0 Å². The molecule has 104 valence electrons. The minimum absolute atomic E-state index is 0.655. The number of anilines is 1. The summed E-state index contributed by atoms with van der Waals surface area (Å²) in [5.74, 6) is 0. The van der Waals surface area contributed by atoms with Crippen LogP contribution >= 0.6 is 0 Å². The fourth-order valence-corrected chi connectivity index (χ4v) is 3.55. The Morgan fingerprint density at radius 1 is 1.21 bits per heavy atom. The predicted octanol–water partition coefficient (Wildman–Crippen LogP) is 3.14. The Hall–Kier alpha value is -1.02. The zero-order valence-electron chi connectivity index (χ0n) is 12.1. The van der Waals surface area contributed by atoms with Crippen LogP contribution < -0.4 is 10.2 Å². The van der Waals surface area contributed by atoms with E-state index in [4.69, 9.17) is 0 Å². The molecular weight excluding hydrogens is 232 g/mol. The van der Waals surface area contributed by atoms with Crippen LogP contribution in [0.3, 0.4) is 0 Å². The lowest BCUT2D eigenvalue weighted by Gasteiger charge is -2.30. The molecular formula is C17H26N2. The van der Waals surface area contributed by atoms with Gasteiger partial charge in [0, 0.05) is 24.8 Å². The molecule has 0 saturated carbocycles. The number of nitrogens with one attached hydrogen (secondary N) is 1. The molecule has 2 aliphatic rings. The van der Waals surface area contributed by atoms with Crippen molar-refractivity contribution in [3.8, 4) is 0 Å². The van der Waals surface area contributed by atoms with Crippen LogP contribution in [0, 0.1) is 0 Å². The molecule has 1 aliphatic heterocycles. The van der Waals surface area contributed by atoms with Gasteiger partial charge in [0.2, 0.25) is 0 Å². The second-order valence-corrected chi connectivity index (χ2v) is 5.98. The van der Waals surface area contributed by atoms with Crippen molar-refractivity contribution in [1.82, 2.24) is 5.32 Å². The van der Waals surface area contributed by atoms with E-state index in [-0.39, 0.29) is 0 Å². The Labute approximate surface area is 117 Å². The number of benzene rings is 1. The SMILES string of the molecule is CCC1CN(c2cccc3c2CCCC3)CCCN1. The van der Waals surface area contributed by atoms with E-state index in [0.717, 1.165) is 0 Å². The second-order valence-electron chi connectivity index (χ2n) is 5.98. The summed E-state index contributed by atoms with van der Waals surface area (Å²) in [4.78, 5) is 2.64. The number of rotatable bonds is 2. The first-order valence-corrected chi connectivity index (χ1v) is 7.97. The molecule has 0 bridgehead atoms. The van der Waals surface area contributed by atoms with Gasteiger partial charge in [0.1, 0.15) is 0 Å². The predicted molar refractivity (Wildman–Crippen MR) is 82.0 cm³/mol. The fraction of sp³-hybridized carbons (Fsp3) is 0.647. The van der Waals surface area contributed by atoms with Gasteiger partial charge in [-0.25, -0.2) is 0 Å². The summed E-state index contributed by atoms with van der Waals surface area (Å²) < 4.78 is 0. The third-order valence-electron chi connectivity index (χ3n) is 4.68. The van der Waals surface area contributed by atoms with Gasteiger partial charge < -0.3 is 10.2 Å². The number of hydrogen-bond acceptors (Lipinski definition) is 2. The minimum Gasteiger partial charge on any atom is -0.370 e. The molecule has 3 rings (SSSR count). The summed E-state index contributed by atoms with van der Waals surface area (Å²) >= 11 is 0. The van der Waals surface area contributed by atoms with Crippen LogP contribution in [0.25, 0.3) is 0 Å². The zero-order valence-corrected chi connectivity index (χ0v) is 12.1. The second kappa shape index (κ2) is 5.96. The van der Waals surface area contributed by atoms with Gasteiger partial charge in [-0.2, -0.15) is 0 Å². The lowest BCUT2D eigenvalue weighted by molar-refractivity contribution is 0.528. The van der Waals surface area contributed by atoms with E-state index in [1.807, 2.05) is 0 Å². The van der Waals surface area contributed by atoms with E-state index in [2.05, 4.69) is 35.3 Å². The smallest absolute Gasteiger partial charge is 0.0402 e. The van der Waals surface area contributed by atoms with Gasteiger partial charge in [-0.3, -0.25) is 0 Å². The van der Waals surface area contributed by atoms with Crippen molar-refractivity contribution < 1.29 is 0 Å². The molecule has 1 aromatic rings. The minimum atomic E-state index is 0.655. The molecule has 2 nitrogen and oxygen atoms in total. The average Bonchev–Trinajstić information content (AvgIpc) is 2.72. The van der Waals surface area contributed by atoms with E-state index >= 15 is 0 Å². The molecule has 1 N–H and O–H groups in total. The highest BCUT2D eigenvalue weighted by molar-refractivity contribution is 5.58. The van der Waals surface area contributed by atoms with Crippen molar-refractivity contribution in [3.05, 3.63) is 29.3 Å². The Bertz CT molecular complexity index is 427. The summed E-state index contributed by atoms with van der Waals surface area (Å²) in [6, 6.07) is 7.61. The van der Waals surface area contributed by atoms with Crippen molar-refractivity contribution in [1.29, 1.82) is 0 Å². The van der Waals surface area contributed by atoms with Crippen LogP contribution in [0.15, 0.2) is 18.2 Å². The highest BCUT2D eigenvalue weighted by Gasteiger charge is 2.21. The Balaban J connectivity index is 1.88. The number of hydrogen-bond donors (Lipinski definition) is 1. The normalized spacial score (nSPS) is 23.8. The fourth-order valence-electron chi connectivity index (χ4n) is 3.55. The quantitative estimate of drug-likeness (QED) is 0.876. The molecule has 0 radical (unpaired) electrons. The molecule has 2 heteroatoms. The van der Waals surface area contributed by atoms with E-state index < -0.39 is 0 Å². The molecule has 0 amide bonds. The van der Waals surface area contributed by atoms with Crippen LogP contribution in [-0.4, -0.2) is 25.7 Å². The Morgan fingerprint density at radius 2 is 2.11 bits per heavy atom. The van der Waals surface area contributed by atoms with Crippen LogP contribution in [0.5, 0.6) is 0 Å². The van der Waals surface area contributed by atoms with Crippen LogP contribution in [0.1, 0.15) is 43.7 Å². The Morgan fingerprint density at radius 3 is 3.00 bits per heavy atom. The van der Waals surface area contributed by atoms with Crippen molar-refractivity contribution in [3.63, 3.8) is 0 Å². The average molecular weight is 258 g/mol. The van der Waals surface area contributed by atoms with Gasteiger partial charge in [0.05, 0.1) is 0 Å². The third kappa shape index (κ3) is 2.79. The van der Waals surface area contributed by atoms with Gasteiger partial charge in [-0.1, -0.05) is 19.1 Å². The summed E-state index contributed by atoms with van der Waals surface area (Å²) in [6.45, 7) is 5.85. The molecule has 0 aromatic heterocycles. The molecule has 1 saturated heterocycles. The molecule has 19 heavy (non-hydrogen) atoms. The summed E-state index contributed by atoms with van der Waals surface area (Å²) in [7, 11) is 0. The molecule has 1 aromatic carbocycles. The van der Waals surface area contributed by atoms with Gasteiger partial charge >= 0.3 is 0 Å². The maximum Gasteiger partial charge on any atom is 0.0402 e. The molecule has 1 fully saturated rings. The van der Waals surface area contributed by atoms with Crippen LogP contribution in [-0.2, 0) is 12.8 Å². The highest BCUT2D eigenvalue weighted by atomic mass is 15.2. The summed E-state index contributed by atoms with van der Waals surface area (Å²) in [5, 5.41) is 3.67. The van der Waals surface area contributed by atoms with E-state index in [1.165, 1.54) is 63.8 Å². The number of aryl methyl sites for hydroxylation is 1. The first-order chi connectivity index (χ1) is 9.38. The summed E-state index contributed by atoms with van der Waals surface area (Å²) in [5.41, 5.74) is 4.78. The van der Waals surface area contributed by atoms with Crippen molar-refractivity contribution in [2.45, 2.75) is 51.5 Å². The van der Waals surface area contributed by atoms with E-state index in [0.29, 0.717) is 6.04 Å². The molecule has 1 atom stereocenters. The number of fused-ring (bicyclic) bond motifs is 1. The molecule has 1 unspecified atom stereocenters. The standard InChI is InChI=1S/C17H26N2/c1-2-15-13-19(12-6-11-18-15)17-10-5-8-14-7-3-4-9-16(14)17/h5,8,10,15,18H,2-4,6-7,9,11-13H2,1H3. The first-order valence-electron chi connectivity index (χ1n) is 7.97. The lowest BCUT2D eigenvalue weighted by atomic mass is 9.90. The third-order valence-corrected chi connectivity index (χ3v) is 4.68. The van der Waals surface area contributed by atoms with Gasteiger partial charge in [-0.05, 0) is 62.3 Å². The topological polar surface area (TPSA) is 15.3 Å². The first kappa shape index (κ1) is 13.0. The van der Waals surface area contributed by atoms with Gasteiger partial charge in [0.25, 0.3) is 0 Å². The summed E-state index contributed by atoms with van der Waals surface area (Å²) in [6.07, 6.45) is 7.80. The van der Waals surface area contributed by atoms with Crippen molar-refractivity contribution in [2.24, 2.45) is 0 Å². The van der Waals surface area contributed by atoms with E-state index in [9.17, 15) is 0 Å². The monoisotopic (exact) mass is 258 g/mol. The maximum atomic E-state index is 3.67. The molecule has 1 aliphatic carbocycles. The Kier molecular flexibility index (Phi) is 4.07. The molecule has 0 spiro atoms. The van der Waals surface area contributed by atoms with E-state index in [1.54, 1.807) is 11.1 Å². The molecule has 1 heterocycles. The van der Waals surface area contributed by atoms with Gasteiger partial charge in [-0.15, -0.1) is 0 Å². The highest BCUT2D eigenvalue weighted by Crippen LogP contribution is 2.31. The largest absolute Gasteiger partial charge is 0.370 e. The van der Waals surface area contributed by atoms with Crippen molar-refractivity contribution >= 4 is 5.69 Å². The van der Waals surface area contributed by atoms with Crippen LogP contribution in [0.4, 0.5) is 5.69 Å². The maximum absolute atomic E-state index is 3.67. The van der Waals surface area contributed by atoms with Crippen molar-refractivity contribution in [2.75, 3.05) is 24.5 Å². The lowest BCUT2D eigenvalue weighted by Crippen LogP contribution is -2.37. The zero-order chi connectivity index (χ0) is 13.1. The number of nitrogens with zero attached hydrogens (tertiary/aromatic N) is 1. The van der Waals surface area contributed by atoms with Crippen LogP contribution in [0.2, 0.25) is 0 Å².